The van der Waals surface area contributed by atoms with Gasteiger partial charge in [-0.05, 0) is 18.8 Å². The van der Waals surface area contributed by atoms with Crippen LogP contribution in [-0.4, -0.2) is 41.5 Å². The van der Waals surface area contributed by atoms with Crippen molar-refractivity contribution in [3.63, 3.8) is 0 Å². The Balaban J connectivity index is 1.57. The maximum atomic E-state index is 4.50. The zero-order chi connectivity index (χ0) is 16.0. The molecule has 2 aliphatic rings. The van der Waals surface area contributed by atoms with Crippen molar-refractivity contribution in [1.82, 2.24) is 29.4 Å². The molecule has 2 unspecified atom stereocenters. The van der Waals surface area contributed by atoms with Gasteiger partial charge < -0.3 is 4.57 Å². The van der Waals surface area contributed by atoms with Gasteiger partial charge in [-0.15, -0.1) is 10.2 Å². The van der Waals surface area contributed by atoms with Gasteiger partial charge in [0.05, 0.1) is 6.20 Å². The number of hydrogen-bond acceptors (Lipinski definition) is 4. The van der Waals surface area contributed by atoms with E-state index in [9.17, 15) is 0 Å². The van der Waals surface area contributed by atoms with Crippen LogP contribution in [0.3, 0.4) is 0 Å². The predicted octanol–water partition coefficient (Wildman–Crippen LogP) is 1.80. The van der Waals surface area contributed by atoms with E-state index in [0.717, 1.165) is 25.9 Å². The van der Waals surface area contributed by atoms with Gasteiger partial charge in [-0.3, -0.25) is 9.58 Å². The third-order valence-electron chi connectivity index (χ3n) is 5.20. The summed E-state index contributed by atoms with van der Waals surface area (Å²) in [7, 11) is 1.99. The van der Waals surface area contributed by atoms with E-state index in [2.05, 4.69) is 44.8 Å². The van der Waals surface area contributed by atoms with Crippen molar-refractivity contribution in [1.29, 1.82) is 0 Å². The number of nitrogens with zero attached hydrogens (tertiary/aromatic N) is 6. The molecule has 6 heteroatoms. The highest BCUT2D eigenvalue weighted by Crippen LogP contribution is 2.32. The molecule has 1 saturated heterocycles. The van der Waals surface area contributed by atoms with E-state index in [-0.39, 0.29) is 0 Å². The average Bonchev–Trinajstić information content (AvgIpc) is 3.12. The molecule has 6 nitrogen and oxygen atoms in total. The van der Waals surface area contributed by atoms with Crippen molar-refractivity contribution in [3.8, 4) is 0 Å². The second kappa shape index (κ2) is 5.74. The van der Waals surface area contributed by atoms with Gasteiger partial charge in [0.2, 0.25) is 0 Å². The molecule has 2 aromatic heterocycles. The molecule has 0 aromatic carbocycles. The molecule has 0 amide bonds. The van der Waals surface area contributed by atoms with E-state index in [1.165, 1.54) is 30.1 Å². The van der Waals surface area contributed by atoms with Crippen LogP contribution in [0.25, 0.3) is 0 Å². The van der Waals surface area contributed by atoms with Crippen LogP contribution in [0.15, 0.2) is 12.4 Å². The molecular formula is C17H26N6. The summed E-state index contributed by atoms with van der Waals surface area (Å²) in [6.07, 6.45) is 8.74. The van der Waals surface area contributed by atoms with E-state index in [0.29, 0.717) is 18.0 Å². The Kier molecular flexibility index (Phi) is 3.71. The van der Waals surface area contributed by atoms with Crippen LogP contribution in [-0.2, 0) is 33.0 Å². The molecule has 4 rings (SSSR count). The van der Waals surface area contributed by atoms with Crippen LogP contribution in [0.5, 0.6) is 0 Å². The molecule has 2 aromatic rings. The highest BCUT2D eigenvalue weighted by Gasteiger charge is 2.38. The van der Waals surface area contributed by atoms with E-state index in [1.807, 2.05) is 17.9 Å². The summed E-state index contributed by atoms with van der Waals surface area (Å²) < 4.78 is 4.30. The Hall–Kier alpha value is -1.69. The molecule has 124 valence electrons. The van der Waals surface area contributed by atoms with Crippen LogP contribution in [0.2, 0.25) is 0 Å². The molecular weight excluding hydrogens is 288 g/mol. The minimum absolute atomic E-state index is 0.595. The molecule has 2 atom stereocenters. The van der Waals surface area contributed by atoms with Gasteiger partial charge in [-0.2, -0.15) is 5.10 Å². The summed E-state index contributed by atoms with van der Waals surface area (Å²) >= 11 is 0. The van der Waals surface area contributed by atoms with Crippen molar-refractivity contribution in [2.75, 3.05) is 0 Å². The van der Waals surface area contributed by atoms with Crippen molar-refractivity contribution in [3.05, 3.63) is 29.6 Å². The van der Waals surface area contributed by atoms with Crippen molar-refractivity contribution >= 4 is 0 Å². The van der Waals surface area contributed by atoms with Gasteiger partial charge in [0, 0.05) is 56.8 Å². The zero-order valence-corrected chi connectivity index (χ0v) is 14.3. The second-order valence-electron chi connectivity index (χ2n) is 7.52. The van der Waals surface area contributed by atoms with Gasteiger partial charge in [-0.25, -0.2) is 0 Å². The number of aryl methyl sites for hydroxylation is 1. The summed E-state index contributed by atoms with van der Waals surface area (Å²) in [6.45, 7) is 6.54. The Bertz CT molecular complexity index is 685. The first-order valence-corrected chi connectivity index (χ1v) is 8.74. The fraction of sp³-hybridized carbons (Fsp3) is 0.706. The van der Waals surface area contributed by atoms with Crippen molar-refractivity contribution in [2.24, 2.45) is 13.0 Å². The zero-order valence-electron chi connectivity index (χ0n) is 14.3. The summed E-state index contributed by atoms with van der Waals surface area (Å²) in [5.74, 6) is 2.98. The molecule has 2 bridgehead atoms. The van der Waals surface area contributed by atoms with E-state index in [1.54, 1.807) is 0 Å². The van der Waals surface area contributed by atoms with Gasteiger partial charge in [-0.1, -0.05) is 13.8 Å². The maximum Gasteiger partial charge on any atom is 0.134 e. The number of hydrogen-bond donors (Lipinski definition) is 0. The smallest absolute Gasteiger partial charge is 0.134 e. The number of fused-ring (bicyclic) bond motifs is 3. The maximum absolute atomic E-state index is 4.50. The third-order valence-corrected chi connectivity index (χ3v) is 5.20. The van der Waals surface area contributed by atoms with Gasteiger partial charge in [0.15, 0.2) is 0 Å². The molecule has 0 radical (unpaired) electrons. The first-order valence-electron chi connectivity index (χ1n) is 8.74. The lowest BCUT2D eigenvalue weighted by molar-refractivity contribution is 0.179. The lowest BCUT2D eigenvalue weighted by Crippen LogP contribution is -2.36. The lowest BCUT2D eigenvalue weighted by Gasteiger charge is -2.27. The van der Waals surface area contributed by atoms with E-state index in [4.69, 9.17) is 0 Å². The van der Waals surface area contributed by atoms with Gasteiger partial charge >= 0.3 is 0 Å². The fourth-order valence-electron chi connectivity index (χ4n) is 4.12. The molecule has 0 spiro atoms. The minimum Gasteiger partial charge on any atom is -0.313 e. The number of aromatic nitrogens is 5. The molecule has 0 aliphatic carbocycles. The predicted molar refractivity (Wildman–Crippen MR) is 87.8 cm³/mol. The van der Waals surface area contributed by atoms with E-state index >= 15 is 0 Å². The summed E-state index contributed by atoms with van der Waals surface area (Å²) in [4.78, 5) is 2.67. The van der Waals surface area contributed by atoms with Gasteiger partial charge in [0.25, 0.3) is 0 Å². The van der Waals surface area contributed by atoms with Crippen LogP contribution < -0.4 is 0 Å². The first-order chi connectivity index (χ1) is 11.1. The standard InChI is InChI=1S/C17H26N6/c1-12(2)6-16-19-20-17-7-14-4-5-15(11-23(16)17)22(14)10-13-8-18-21(3)9-13/h8-9,12,14-15H,4-7,10-11H2,1-3H3. The summed E-state index contributed by atoms with van der Waals surface area (Å²) in [6, 6.07) is 1.20. The summed E-state index contributed by atoms with van der Waals surface area (Å²) in [5, 5.41) is 13.3. The topological polar surface area (TPSA) is 51.8 Å². The SMILES string of the molecule is CC(C)Cc1nnc2n1CC1CCC(C2)N1Cc1cnn(C)c1. The van der Waals surface area contributed by atoms with Crippen molar-refractivity contribution < 1.29 is 0 Å². The normalized spacial score (nSPS) is 24.2. The van der Waals surface area contributed by atoms with Crippen LogP contribution >= 0.6 is 0 Å². The number of rotatable bonds is 4. The largest absolute Gasteiger partial charge is 0.313 e. The Morgan fingerprint density at radius 2 is 2.04 bits per heavy atom. The Morgan fingerprint density at radius 1 is 1.22 bits per heavy atom. The first kappa shape index (κ1) is 14.9. The quantitative estimate of drug-likeness (QED) is 0.863. The molecule has 4 heterocycles. The fourth-order valence-corrected chi connectivity index (χ4v) is 4.12. The van der Waals surface area contributed by atoms with E-state index < -0.39 is 0 Å². The molecule has 0 saturated carbocycles. The monoisotopic (exact) mass is 314 g/mol. The van der Waals surface area contributed by atoms with Crippen LogP contribution in [0.1, 0.15) is 43.9 Å². The third kappa shape index (κ3) is 2.80. The minimum atomic E-state index is 0.595. The molecule has 2 aliphatic heterocycles. The van der Waals surface area contributed by atoms with Crippen molar-refractivity contribution in [2.45, 2.75) is 64.7 Å². The Morgan fingerprint density at radius 3 is 2.78 bits per heavy atom. The average molecular weight is 314 g/mol. The molecule has 23 heavy (non-hydrogen) atoms. The molecule has 0 N–H and O–H groups in total. The highest BCUT2D eigenvalue weighted by molar-refractivity contribution is 5.10. The van der Waals surface area contributed by atoms with Crippen LogP contribution in [0, 0.1) is 5.92 Å². The van der Waals surface area contributed by atoms with Crippen LogP contribution in [0.4, 0.5) is 0 Å². The summed E-state index contributed by atoms with van der Waals surface area (Å²) in [5.41, 5.74) is 1.31. The second-order valence-corrected chi connectivity index (χ2v) is 7.52. The Labute approximate surface area is 137 Å². The van der Waals surface area contributed by atoms with Gasteiger partial charge in [0.1, 0.15) is 11.6 Å². The highest BCUT2D eigenvalue weighted by atomic mass is 15.3. The lowest BCUT2D eigenvalue weighted by atomic mass is 10.1. The molecule has 1 fully saturated rings.